The second kappa shape index (κ2) is 6.96. The number of aryl methyl sites for hydroxylation is 1. The van der Waals surface area contributed by atoms with Gasteiger partial charge in [-0.15, -0.1) is 0 Å². The van der Waals surface area contributed by atoms with Gasteiger partial charge in [-0.05, 0) is 30.8 Å². The molecule has 1 rings (SSSR count). The first-order chi connectivity index (χ1) is 8.52. The van der Waals surface area contributed by atoms with Gasteiger partial charge < -0.3 is 15.0 Å². The van der Waals surface area contributed by atoms with Crippen LogP contribution in [0.4, 0.5) is 0 Å². The van der Waals surface area contributed by atoms with Gasteiger partial charge in [0, 0.05) is 26.2 Å². The van der Waals surface area contributed by atoms with Crippen molar-refractivity contribution in [2.45, 2.75) is 13.5 Å². The molecule has 0 aromatic heterocycles. The molecular formula is C13H19N3OS. The van der Waals surface area contributed by atoms with Crippen molar-refractivity contribution in [2.24, 2.45) is 4.99 Å². The third-order valence-electron chi connectivity index (χ3n) is 2.28. The minimum Gasteiger partial charge on any atom is -0.496 e. The van der Waals surface area contributed by atoms with Crippen molar-refractivity contribution in [3.05, 3.63) is 29.3 Å². The van der Waals surface area contributed by atoms with Crippen molar-refractivity contribution in [1.29, 1.82) is 0 Å². The maximum Gasteiger partial charge on any atom is 0.194 e. The summed E-state index contributed by atoms with van der Waals surface area (Å²) in [5.41, 5.74) is 2.23. The lowest BCUT2D eigenvalue weighted by atomic mass is 10.1. The molecule has 0 aliphatic rings. The fourth-order valence-corrected chi connectivity index (χ4v) is 1.50. The summed E-state index contributed by atoms with van der Waals surface area (Å²) in [5.74, 6) is 0.863. The molecule has 0 aliphatic heterocycles. The molecule has 0 saturated carbocycles. The van der Waals surface area contributed by atoms with Gasteiger partial charge in [0.05, 0.1) is 13.4 Å². The zero-order valence-corrected chi connectivity index (χ0v) is 12.0. The number of hydrogen-bond acceptors (Lipinski definition) is 2. The van der Waals surface area contributed by atoms with Gasteiger partial charge >= 0.3 is 0 Å². The summed E-state index contributed by atoms with van der Waals surface area (Å²) < 4.78 is 5.33. The van der Waals surface area contributed by atoms with E-state index in [0.29, 0.717) is 11.7 Å². The standard InChI is InChI=1S/C13H19N3OS/c1-10-5-6-11(12(7-10)17-4)8-14-13(18)15-9-16(2)3/h5-7,9H,8H2,1-4H3,(H,14,18)/b15-9+. The number of nitrogens with zero attached hydrogens (tertiary/aromatic N) is 2. The van der Waals surface area contributed by atoms with E-state index in [1.54, 1.807) is 13.4 Å². The van der Waals surface area contributed by atoms with Gasteiger partial charge in [0.2, 0.25) is 0 Å². The summed E-state index contributed by atoms with van der Waals surface area (Å²) in [5, 5.41) is 3.54. The predicted octanol–water partition coefficient (Wildman–Crippen LogP) is 1.97. The third kappa shape index (κ3) is 4.71. The molecule has 0 spiro atoms. The van der Waals surface area contributed by atoms with Crippen molar-refractivity contribution in [3.8, 4) is 5.75 Å². The molecule has 0 aliphatic carbocycles. The topological polar surface area (TPSA) is 36.9 Å². The highest BCUT2D eigenvalue weighted by Crippen LogP contribution is 2.19. The number of hydrogen-bond donors (Lipinski definition) is 1. The zero-order chi connectivity index (χ0) is 13.5. The lowest BCUT2D eigenvalue weighted by Crippen LogP contribution is -2.21. The Morgan fingerprint density at radius 1 is 1.50 bits per heavy atom. The molecule has 5 heteroatoms. The normalized spacial score (nSPS) is 10.4. The van der Waals surface area contributed by atoms with Crippen LogP contribution < -0.4 is 10.1 Å². The van der Waals surface area contributed by atoms with Gasteiger partial charge in [-0.3, -0.25) is 0 Å². The molecular weight excluding hydrogens is 246 g/mol. The van der Waals surface area contributed by atoms with E-state index in [-0.39, 0.29) is 0 Å². The Bertz CT molecular complexity index is 444. The number of thiocarbonyl (C=S) groups is 1. The largest absolute Gasteiger partial charge is 0.496 e. The fourth-order valence-electron chi connectivity index (χ4n) is 1.38. The molecule has 1 aromatic rings. The van der Waals surface area contributed by atoms with Crippen LogP contribution >= 0.6 is 12.2 Å². The minimum atomic E-state index is 0.464. The molecule has 0 unspecified atom stereocenters. The first-order valence-electron chi connectivity index (χ1n) is 5.65. The predicted molar refractivity (Wildman–Crippen MR) is 79.3 cm³/mol. The van der Waals surface area contributed by atoms with E-state index >= 15 is 0 Å². The highest BCUT2D eigenvalue weighted by Gasteiger charge is 2.03. The highest BCUT2D eigenvalue weighted by atomic mass is 32.1. The van der Waals surface area contributed by atoms with Crippen LogP contribution in [0.3, 0.4) is 0 Å². The third-order valence-corrected chi connectivity index (χ3v) is 2.53. The zero-order valence-electron chi connectivity index (χ0n) is 11.2. The number of rotatable bonds is 4. The van der Waals surface area contributed by atoms with E-state index in [2.05, 4.69) is 10.3 Å². The second-order valence-corrected chi connectivity index (χ2v) is 4.57. The van der Waals surface area contributed by atoms with Crippen molar-refractivity contribution >= 4 is 23.7 Å². The van der Waals surface area contributed by atoms with Gasteiger partial charge in [0.1, 0.15) is 5.75 Å². The van der Waals surface area contributed by atoms with Gasteiger partial charge in [-0.2, -0.15) is 0 Å². The molecule has 0 bridgehead atoms. The Morgan fingerprint density at radius 2 is 2.22 bits per heavy atom. The summed E-state index contributed by atoms with van der Waals surface area (Å²) in [6.07, 6.45) is 1.67. The number of aliphatic imine (C=N–C) groups is 1. The Morgan fingerprint density at radius 3 is 2.83 bits per heavy atom. The molecule has 0 heterocycles. The highest BCUT2D eigenvalue weighted by molar-refractivity contribution is 7.80. The average molecular weight is 265 g/mol. The van der Waals surface area contributed by atoms with Gasteiger partial charge in [0.15, 0.2) is 5.11 Å². The van der Waals surface area contributed by atoms with Crippen molar-refractivity contribution in [1.82, 2.24) is 10.2 Å². The lowest BCUT2D eigenvalue weighted by Gasteiger charge is -2.10. The van der Waals surface area contributed by atoms with Crippen LogP contribution in [0, 0.1) is 6.92 Å². The van der Waals surface area contributed by atoms with Gasteiger partial charge in [-0.1, -0.05) is 12.1 Å². The number of ether oxygens (including phenoxy) is 1. The van der Waals surface area contributed by atoms with Crippen molar-refractivity contribution in [2.75, 3.05) is 21.2 Å². The molecule has 0 saturated heterocycles. The van der Waals surface area contributed by atoms with E-state index in [9.17, 15) is 0 Å². The van der Waals surface area contributed by atoms with Crippen molar-refractivity contribution in [3.63, 3.8) is 0 Å². The smallest absolute Gasteiger partial charge is 0.194 e. The summed E-state index contributed by atoms with van der Waals surface area (Å²) in [6.45, 7) is 2.64. The van der Waals surface area contributed by atoms with Crippen LogP contribution in [-0.2, 0) is 6.54 Å². The lowest BCUT2D eigenvalue weighted by molar-refractivity contribution is 0.409. The van der Waals surface area contributed by atoms with Crippen molar-refractivity contribution < 1.29 is 4.74 Å². The maximum atomic E-state index is 5.33. The van der Waals surface area contributed by atoms with E-state index in [0.717, 1.165) is 11.3 Å². The quantitative estimate of drug-likeness (QED) is 0.513. The fraction of sp³-hybridized carbons (Fsp3) is 0.385. The molecule has 0 amide bonds. The number of nitrogens with one attached hydrogen (secondary N) is 1. The summed E-state index contributed by atoms with van der Waals surface area (Å²) in [6, 6.07) is 6.08. The maximum absolute atomic E-state index is 5.33. The molecule has 0 radical (unpaired) electrons. The molecule has 98 valence electrons. The molecule has 4 nitrogen and oxygen atoms in total. The SMILES string of the molecule is COc1cc(C)ccc1CNC(=S)/N=C/N(C)C. The van der Waals surface area contributed by atoms with E-state index < -0.39 is 0 Å². The van der Waals surface area contributed by atoms with E-state index in [4.69, 9.17) is 17.0 Å². The second-order valence-electron chi connectivity index (χ2n) is 4.18. The van der Waals surface area contributed by atoms with Crippen LogP contribution in [0.5, 0.6) is 5.75 Å². The van der Waals surface area contributed by atoms with Crippen LogP contribution in [0.2, 0.25) is 0 Å². The molecule has 18 heavy (non-hydrogen) atoms. The molecule has 0 fully saturated rings. The summed E-state index contributed by atoms with van der Waals surface area (Å²) >= 11 is 5.10. The minimum absolute atomic E-state index is 0.464. The number of benzene rings is 1. The summed E-state index contributed by atoms with van der Waals surface area (Å²) in [7, 11) is 5.46. The molecule has 1 N–H and O–H groups in total. The van der Waals surface area contributed by atoms with E-state index in [1.165, 1.54) is 5.56 Å². The summed E-state index contributed by atoms with van der Waals surface area (Å²) in [4.78, 5) is 5.93. The average Bonchev–Trinajstić information content (AvgIpc) is 2.34. The monoisotopic (exact) mass is 265 g/mol. The van der Waals surface area contributed by atoms with E-state index in [1.807, 2.05) is 44.1 Å². The first-order valence-corrected chi connectivity index (χ1v) is 6.05. The Kier molecular flexibility index (Phi) is 5.58. The molecule has 1 aromatic carbocycles. The Labute approximate surface area is 114 Å². The van der Waals surface area contributed by atoms with Crippen LogP contribution in [0.1, 0.15) is 11.1 Å². The van der Waals surface area contributed by atoms with Crippen LogP contribution in [0.15, 0.2) is 23.2 Å². The van der Waals surface area contributed by atoms with Gasteiger partial charge in [-0.25, -0.2) is 4.99 Å². The first kappa shape index (κ1) is 14.4. The Balaban J connectivity index is 2.61. The number of methoxy groups -OCH3 is 1. The Hall–Kier alpha value is -1.62. The molecule has 0 atom stereocenters. The van der Waals surface area contributed by atoms with Gasteiger partial charge in [0.25, 0.3) is 0 Å². The van der Waals surface area contributed by atoms with Crippen LogP contribution in [-0.4, -0.2) is 37.6 Å². The van der Waals surface area contributed by atoms with Crippen LogP contribution in [0.25, 0.3) is 0 Å².